The summed E-state index contributed by atoms with van der Waals surface area (Å²) >= 11 is 6.15. The molecule has 1 aliphatic rings. The number of carbonyl (C=O) groups excluding carboxylic acids is 3. The number of amides is 3. The topological polar surface area (TPSA) is 104 Å². The van der Waals surface area contributed by atoms with Crippen LogP contribution in [0, 0.1) is 0 Å². The highest BCUT2D eigenvalue weighted by atomic mass is 35.5. The second-order valence-electron chi connectivity index (χ2n) is 13.3. The summed E-state index contributed by atoms with van der Waals surface area (Å²) < 4.78 is 6.00. The van der Waals surface area contributed by atoms with Crippen molar-refractivity contribution in [3.63, 3.8) is 0 Å². The van der Waals surface area contributed by atoms with Gasteiger partial charge in [-0.25, -0.2) is 4.79 Å². The average Bonchev–Trinajstić information content (AvgIpc) is 3.75. The zero-order valence-corrected chi connectivity index (χ0v) is 30.0. The molecule has 0 aliphatic heterocycles. The third-order valence-electron chi connectivity index (χ3n) is 9.80. The van der Waals surface area contributed by atoms with Crippen LogP contribution >= 0.6 is 11.6 Å². The van der Waals surface area contributed by atoms with Crippen LogP contribution in [-0.4, -0.2) is 53.5 Å². The van der Waals surface area contributed by atoms with E-state index in [1.54, 1.807) is 12.1 Å². The molecule has 1 aromatic heterocycles. The number of nitrogens with zero attached hydrogens (tertiary/aromatic N) is 1. The molecule has 3 N–H and O–H groups in total. The quantitative estimate of drug-likeness (QED) is 0.106. The molecular formula is C44H41ClN4O4. The zero-order chi connectivity index (χ0) is 36.6. The van der Waals surface area contributed by atoms with Gasteiger partial charge in [0.15, 0.2) is 0 Å². The molecule has 3 amide bonds. The van der Waals surface area contributed by atoms with Crippen LogP contribution in [0.2, 0.25) is 5.02 Å². The maximum Gasteiger partial charge on any atom is 0.410 e. The van der Waals surface area contributed by atoms with E-state index in [0.717, 1.165) is 49.8 Å². The molecule has 6 aromatic rings. The number of nitrogens with one attached hydrogen (secondary N) is 3. The van der Waals surface area contributed by atoms with Crippen LogP contribution in [0.4, 0.5) is 4.79 Å². The SMILES string of the molecule is O=C(CCN(Cc1ccc(Cl)cc1)C(=O)OCC1c2ccccc2-c2ccccc21)N[C@H](Cc1c[nH]c2ccccc12)C(=O)NCCc1ccccc1. The van der Waals surface area contributed by atoms with Crippen LogP contribution in [0.25, 0.3) is 22.0 Å². The summed E-state index contributed by atoms with van der Waals surface area (Å²) in [7, 11) is 0. The van der Waals surface area contributed by atoms with Crippen molar-refractivity contribution < 1.29 is 19.1 Å². The van der Waals surface area contributed by atoms with Crippen LogP contribution in [-0.2, 0) is 33.7 Å². The van der Waals surface area contributed by atoms with Crippen LogP contribution < -0.4 is 10.6 Å². The third-order valence-corrected chi connectivity index (χ3v) is 10.0. The number of rotatable bonds is 14. The summed E-state index contributed by atoms with van der Waals surface area (Å²) in [6.07, 6.45) is 2.29. The highest BCUT2D eigenvalue weighted by molar-refractivity contribution is 6.30. The predicted octanol–water partition coefficient (Wildman–Crippen LogP) is 8.05. The summed E-state index contributed by atoms with van der Waals surface area (Å²) in [5.74, 6) is -0.715. The van der Waals surface area contributed by atoms with Gasteiger partial charge in [-0.15, -0.1) is 0 Å². The molecular weight excluding hydrogens is 684 g/mol. The first-order chi connectivity index (χ1) is 25.9. The molecule has 0 spiro atoms. The minimum absolute atomic E-state index is 0.0283. The smallest absolute Gasteiger partial charge is 0.410 e. The highest BCUT2D eigenvalue weighted by Gasteiger charge is 2.30. The molecule has 0 saturated heterocycles. The van der Waals surface area contributed by atoms with Crippen molar-refractivity contribution in [2.75, 3.05) is 19.7 Å². The molecule has 0 saturated carbocycles. The molecule has 53 heavy (non-hydrogen) atoms. The Bertz CT molecular complexity index is 2160. The fraction of sp³-hybridized carbons (Fsp3) is 0.205. The van der Waals surface area contributed by atoms with E-state index in [0.29, 0.717) is 24.4 Å². The number of halogens is 1. The first kappa shape index (κ1) is 35.5. The van der Waals surface area contributed by atoms with Gasteiger partial charge in [0.1, 0.15) is 12.6 Å². The number of aromatic amines is 1. The zero-order valence-electron chi connectivity index (χ0n) is 29.3. The third kappa shape index (κ3) is 8.62. The molecule has 0 radical (unpaired) electrons. The van der Waals surface area contributed by atoms with Gasteiger partial charge in [-0.3, -0.25) is 9.59 Å². The Morgan fingerprint density at radius 1 is 0.774 bits per heavy atom. The number of fused-ring (bicyclic) bond motifs is 4. The Morgan fingerprint density at radius 3 is 2.17 bits per heavy atom. The van der Waals surface area contributed by atoms with Crippen LogP contribution in [0.1, 0.15) is 40.2 Å². The fourth-order valence-corrected chi connectivity index (χ4v) is 7.19. The van der Waals surface area contributed by atoms with Crippen molar-refractivity contribution in [1.82, 2.24) is 20.5 Å². The number of ether oxygens (including phenoxy) is 1. The Hall–Kier alpha value is -5.86. The van der Waals surface area contributed by atoms with Crippen LogP contribution in [0.15, 0.2) is 134 Å². The molecule has 5 aromatic carbocycles. The number of hydrogen-bond donors (Lipinski definition) is 3. The van der Waals surface area contributed by atoms with Gasteiger partial charge >= 0.3 is 6.09 Å². The molecule has 0 unspecified atom stereocenters. The van der Waals surface area contributed by atoms with E-state index in [2.05, 4.69) is 39.9 Å². The first-order valence-electron chi connectivity index (χ1n) is 17.9. The van der Waals surface area contributed by atoms with Crippen molar-refractivity contribution in [2.24, 2.45) is 0 Å². The minimum atomic E-state index is -0.823. The van der Waals surface area contributed by atoms with E-state index in [4.69, 9.17) is 16.3 Å². The number of benzene rings is 5. The second kappa shape index (κ2) is 16.7. The summed E-state index contributed by atoms with van der Waals surface area (Å²) in [6, 6.07) is 40.6. The summed E-state index contributed by atoms with van der Waals surface area (Å²) in [5, 5.41) is 7.57. The van der Waals surface area contributed by atoms with E-state index in [1.165, 1.54) is 4.90 Å². The summed E-state index contributed by atoms with van der Waals surface area (Å²) in [5.41, 5.74) is 8.36. The van der Waals surface area contributed by atoms with Crippen LogP contribution in [0.3, 0.4) is 0 Å². The number of hydrogen-bond acceptors (Lipinski definition) is 4. The molecule has 1 heterocycles. The molecule has 268 valence electrons. The Balaban J connectivity index is 1.03. The lowest BCUT2D eigenvalue weighted by Crippen LogP contribution is -2.49. The number of carbonyl (C=O) groups is 3. The van der Waals surface area contributed by atoms with Gasteiger partial charge in [-0.2, -0.15) is 0 Å². The molecule has 1 aliphatic carbocycles. The molecule has 7 rings (SSSR count). The van der Waals surface area contributed by atoms with Crippen molar-refractivity contribution in [2.45, 2.75) is 37.8 Å². The first-order valence-corrected chi connectivity index (χ1v) is 18.3. The lowest BCUT2D eigenvalue weighted by atomic mass is 9.98. The van der Waals surface area contributed by atoms with Gasteiger partial charge in [0, 0.05) is 60.5 Å². The van der Waals surface area contributed by atoms with Gasteiger partial charge in [0.05, 0.1) is 0 Å². The molecule has 0 bridgehead atoms. The van der Waals surface area contributed by atoms with Crippen molar-refractivity contribution in [1.29, 1.82) is 0 Å². The van der Waals surface area contributed by atoms with E-state index in [9.17, 15) is 14.4 Å². The maximum absolute atomic E-state index is 13.8. The Morgan fingerprint density at radius 2 is 1.43 bits per heavy atom. The van der Waals surface area contributed by atoms with Crippen molar-refractivity contribution in [3.05, 3.63) is 166 Å². The maximum atomic E-state index is 13.8. The number of para-hydroxylation sites is 1. The van der Waals surface area contributed by atoms with Gasteiger partial charge in [-0.1, -0.05) is 121 Å². The fourth-order valence-electron chi connectivity index (χ4n) is 7.06. The normalized spacial score (nSPS) is 12.5. The van der Waals surface area contributed by atoms with Gasteiger partial charge in [0.2, 0.25) is 11.8 Å². The summed E-state index contributed by atoms with van der Waals surface area (Å²) in [4.78, 5) is 45.8. The summed E-state index contributed by atoms with van der Waals surface area (Å²) in [6.45, 7) is 0.895. The molecule has 9 heteroatoms. The highest BCUT2D eigenvalue weighted by Crippen LogP contribution is 2.44. The van der Waals surface area contributed by atoms with E-state index in [1.807, 2.05) is 97.2 Å². The van der Waals surface area contributed by atoms with Crippen molar-refractivity contribution in [3.8, 4) is 11.1 Å². The van der Waals surface area contributed by atoms with Gasteiger partial charge < -0.3 is 25.3 Å². The van der Waals surface area contributed by atoms with Gasteiger partial charge in [-0.05, 0) is 63.6 Å². The van der Waals surface area contributed by atoms with E-state index < -0.39 is 12.1 Å². The lowest BCUT2D eigenvalue weighted by molar-refractivity contribution is -0.129. The monoisotopic (exact) mass is 724 g/mol. The molecule has 8 nitrogen and oxygen atoms in total. The predicted molar refractivity (Wildman–Crippen MR) is 209 cm³/mol. The Kier molecular flexibility index (Phi) is 11.2. The Labute approximate surface area is 314 Å². The average molecular weight is 725 g/mol. The number of H-pyrrole nitrogens is 1. The minimum Gasteiger partial charge on any atom is -0.448 e. The van der Waals surface area contributed by atoms with Crippen LogP contribution in [0.5, 0.6) is 0 Å². The van der Waals surface area contributed by atoms with Crippen molar-refractivity contribution >= 4 is 40.4 Å². The molecule has 1 atom stereocenters. The lowest BCUT2D eigenvalue weighted by Gasteiger charge is -2.24. The molecule has 0 fully saturated rings. The second-order valence-corrected chi connectivity index (χ2v) is 13.7. The largest absolute Gasteiger partial charge is 0.448 e. The standard InChI is InChI=1S/C44H41ClN4O4/c45-33-20-18-31(19-21-33)28-49(44(52)53-29-39-37-15-6-4-13-35(37)36-14-5-7-16-38(36)39)25-23-42(50)48-41(26-32-27-47-40-17-9-8-12-34(32)40)43(51)46-24-22-30-10-2-1-3-11-30/h1-21,27,39,41,47H,22-26,28-29H2,(H,46,51)(H,48,50)/t41-/m1/s1. The van der Waals surface area contributed by atoms with E-state index in [-0.39, 0.29) is 43.8 Å². The van der Waals surface area contributed by atoms with Gasteiger partial charge in [0.25, 0.3) is 0 Å². The number of aromatic nitrogens is 1. The van der Waals surface area contributed by atoms with E-state index >= 15 is 0 Å².